The molecule has 0 amide bonds. The van der Waals surface area contributed by atoms with Gasteiger partial charge in [0.05, 0.1) is 12.0 Å². The summed E-state index contributed by atoms with van der Waals surface area (Å²) in [5.41, 5.74) is 8.39. The molecule has 3 heteroatoms. The lowest BCUT2D eigenvalue weighted by Crippen LogP contribution is -2.33. The van der Waals surface area contributed by atoms with Gasteiger partial charge in [0.2, 0.25) is 0 Å². The molecular weight excluding hydrogens is 270 g/mol. The Labute approximate surface area is 132 Å². The first-order valence-corrected chi connectivity index (χ1v) is 8.32. The summed E-state index contributed by atoms with van der Waals surface area (Å²) in [6.45, 7) is 5.47. The number of hydrogen-bond acceptors (Lipinski definition) is 2. The molecule has 114 valence electrons. The minimum Gasteiger partial charge on any atom is -0.311 e. The topological polar surface area (TPSA) is 29.9 Å². The predicted octanol–water partition coefficient (Wildman–Crippen LogP) is 3.43. The van der Waals surface area contributed by atoms with E-state index in [4.69, 9.17) is 0 Å². The van der Waals surface area contributed by atoms with Crippen LogP contribution in [0.4, 0.5) is 0 Å². The van der Waals surface area contributed by atoms with Crippen molar-refractivity contribution in [3.05, 3.63) is 52.6 Å². The average Bonchev–Trinajstić information content (AvgIpc) is 2.89. The molecule has 3 nitrogen and oxygen atoms in total. The molecule has 1 aromatic heterocycles. The van der Waals surface area contributed by atoms with Crippen molar-refractivity contribution in [2.24, 2.45) is 0 Å². The van der Waals surface area contributed by atoms with E-state index in [1.165, 1.54) is 48.1 Å². The van der Waals surface area contributed by atoms with Crippen molar-refractivity contribution in [3.63, 3.8) is 0 Å². The normalized spacial score (nSPS) is 22.5. The maximum Gasteiger partial charge on any atom is 0.0995 e. The lowest BCUT2D eigenvalue weighted by atomic mass is 9.82. The molecule has 2 aliphatic rings. The van der Waals surface area contributed by atoms with E-state index in [-0.39, 0.29) is 0 Å². The summed E-state index contributed by atoms with van der Waals surface area (Å²) >= 11 is 0. The highest BCUT2D eigenvalue weighted by atomic mass is 15.0. The van der Waals surface area contributed by atoms with E-state index < -0.39 is 0 Å². The van der Waals surface area contributed by atoms with Gasteiger partial charge >= 0.3 is 0 Å². The van der Waals surface area contributed by atoms with Gasteiger partial charge in [-0.2, -0.15) is 0 Å². The molecule has 1 unspecified atom stereocenters. The monoisotopic (exact) mass is 293 g/mol. The number of nitrogens with zero attached hydrogens (tertiary/aromatic N) is 2. The van der Waals surface area contributed by atoms with Gasteiger partial charge in [0.25, 0.3) is 0 Å². The molecule has 2 heterocycles. The van der Waals surface area contributed by atoms with Crippen molar-refractivity contribution in [3.8, 4) is 5.69 Å². The predicted molar refractivity (Wildman–Crippen MR) is 90.4 cm³/mol. The maximum atomic E-state index is 4.36. The molecule has 2 aromatic rings. The second-order valence-electron chi connectivity index (χ2n) is 6.55. The molecule has 1 aliphatic heterocycles. The Balaban J connectivity index is 1.72. The molecule has 4 rings (SSSR count). The number of aryl methyl sites for hydroxylation is 1. The summed E-state index contributed by atoms with van der Waals surface area (Å²) in [5.74, 6) is 0. The van der Waals surface area contributed by atoms with Gasteiger partial charge in [0.15, 0.2) is 0 Å². The fraction of sp³-hybridized carbons (Fsp3) is 0.421. The van der Waals surface area contributed by atoms with Gasteiger partial charge in [-0.3, -0.25) is 0 Å². The van der Waals surface area contributed by atoms with Crippen LogP contribution < -0.4 is 5.32 Å². The van der Waals surface area contributed by atoms with Crippen LogP contribution in [0.1, 0.15) is 42.1 Å². The Kier molecular flexibility index (Phi) is 3.38. The van der Waals surface area contributed by atoms with Gasteiger partial charge in [-0.1, -0.05) is 17.7 Å². The summed E-state index contributed by atoms with van der Waals surface area (Å²) < 4.78 is 2.16. The van der Waals surface area contributed by atoms with E-state index in [0.717, 1.165) is 12.2 Å². The fourth-order valence-electron chi connectivity index (χ4n) is 3.63. The number of benzene rings is 1. The van der Waals surface area contributed by atoms with Crippen LogP contribution in [-0.4, -0.2) is 22.1 Å². The number of piperidine rings is 1. The molecule has 1 fully saturated rings. The number of hydrogen-bond donors (Lipinski definition) is 1. The number of fused-ring (bicyclic) bond motifs is 1. The van der Waals surface area contributed by atoms with Crippen molar-refractivity contribution in [1.82, 2.24) is 14.9 Å². The quantitative estimate of drug-likeness (QED) is 0.919. The number of rotatable bonds is 2. The van der Waals surface area contributed by atoms with Crippen LogP contribution in [0.5, 0.6) is 0 Å². The van der Waals surface area contributed by atoms with Crippen LogP contribution in [0.15, 0.2) is 30.2 Å². The van der Waals surface area contributed by atoms with E-state index in [1.807, 2.05) is 13.3 Å². The summed E-state index contributed by atoms with van der Waals surface area (Å²) in [4.78, 5) is 4.36. The van der Waals surface area contributed by atoms with E-state index >= 15 is 0 Å². The minimum atomic E-state index is 0.514. The Hall–Kier alpha value is -1.87. The molecule has 0 spiro atoms. The van der Waals surface area contributed by atoms with Crippen LogP contribution in [0.3, 0.4) is 0 Å². The van der Waals surface area contributed by atoms with Gasteiger partial charge < -0.3 is 9.88 Å². The smallest absolute Gasteiger partial charge is 0.0995 e. The molecule has 0 saturated carbocycles. The van der Waals surface area contributed by atoms with Crippen molar-refractivity contribution in [2.75, 3.05) is 6.54 Å². The van der Waals surface area contributed by atoms with Gasteiger partial charge in [-0.05, 0) is 68.8 Å². The molecular formula is C19H23N3. The first-order chi connectivity index (χ1) is 10.7. The lowest BCUT2D eigenvalue weighted by Gasteiger charge is -2.27. The van der Waals surface area contributed by atoms with E-state index in [9.17, 15) is 0 Å². The number of imidazole rings is 1. The Bertz CT molecular complexity index is 739. The van der Waals surface area contributed by atoms with E-state index in [0.29, 0.717) is 6.04 Å². The number of aromatic nitrogens is 2. The Morgan fingerprint density at radius 1 is 1.23 bits per heavy atom. The van der Waals surface area contributed by atoms with Crippen LogP contribution >= 0.6 is 0 Å². The fourth-order valence-corrected chi connectivity index (χ4v) is 3.63. The average molecular weight is 293 g/mol. The van der Waals surface area contributed by atoms with E-state index in [1.54, 1.807) is 5.57 Å². The van der Waals surface area contributed by atoms with Crippen LogP contribution in [-0.2, 0) is 12.8 Å². The molecule has 22 heavy (non-hydrogen) atoms. The highest BCUT2D eigenvalue weighted by Gasteiger charge is 2.22. The molecule has 0 radical (unpaired) electrons. The molecule has 0 bridgehead atoms. The first-order valence-electron chi connectivity index (χ1n) is 8.32. The van der Waals surface area contributed by atoms with Crippen LogP contribution in [0, 0.1) is 6.92 Å². The van der Waals surface area contributed by atoms with Gasteiger partial charge in [0, 0.05) is 17.9 Å². The van der Waals surface area contributed by atoms with Gasteiger partial charge in [0.1, 0.15) is 0 Å². The minimum absolute atomic E-state index is 0.514. The van der Waals surface area contributed by atoms with Crippen molar-refractivity contribution in [2.45, 2.75) is 45.6 Å². The Morgan fingerprint density at radius 2 is 2.09 bits per heavy atom. The van der Waals surface area contributed by atoms with Gasteiger partial charge in [-0.15, -0.1) is 0 Å². The maximum absolute atomic E-state index is 4.36. The zero-order valence-electron chi connectivity index (χ0n) is 13.4. The standard InChI is InChI=1S/C19H23N3/c1-13-11-22(12-21-13)19-8-5-16(17-6-7-18(17)19)10-15-4-3-9-20-14(15)2/h5,8,10-12,14,20H,3-4,6-7,9H2,1-2H3/b15-10+. The molecule has 1 saturated heterocycles. The highest BCUT2D eigenvalue weighted by molar-refractivity contribution is 5.66. The lowest BCUT2D eigenvalue weighted by molar-refractivity contribution is 0.520. The third-order valence-electron chi connectivity index (χ3n) is 5.05. The third-order valence-corrected chi connectivity index (χ3v) is 5.05. The summed E-state index contributed by atoms with van der Waals surface area (Å²) in [5, 5.41) is 3.56. The highest BCUT2D eigenvalue weighted by Crippen LogP contribution is 2.34. The molecule has 1 N–H and O–H groups in total. The summed E-state index contributed by atoms with van der Waals surface area (Å²) in [6, 6.07) is 5.06. The second-order valence-corrected chi connectivity index (χ2v) is 6.55. The van der Waals surface area contributed by atoms with Crippen molar-refractivity contribution >= 4 is 6.08 Å². The second kappa shape index (κ2) is 5.40. The zero-order chi connectivity index (χ0) is 15.1. The first kappa shape index (κ1) is 13.8. The van der Waals surface area contributed by atoms with E-state index in [2.05, 4.69) is 46.2 Å². The van der Waals surface area contributed by atoms with Crippen molar-refractivity contribution < 1.29 is 0 Å². The molecule has 1 atom stereocenters. The summed E-state index contributed by atoms with van der Waals surface area (Å²) in [7, 11) is 0. The van der Waals surface area contributed by atoms with Crippen LogP contribution in [0.25, 0.3) is 11.8 Å². The number of nitrogens with one attached hydrogen (secondary N) is 1. The Morgan fingerprint density at radius 3 is 2.77 bits per heavy atom. The third kappa shape index (κ3) is 2.30. The summed E-state index contributed by atoms with van der Waals surface area (Å²) in [6.07, 6.45) is 11.3. The molecule has 1 aliphatic carbocycles. The van der Waals surface area contributed by atoms with Gasteiger partial charge in [-0.25, -0.2) is 4.98 Å². The largest absolute Gasteiger partial charge is 0.311 e. The molecule has 1 aromatic carbocycles. The SMILES string of the molecule is Cc1cn(-c2ccc(/C=C3\CCCNC3C)c3c2CC3)cn1. The zero-order valence-corrected chi connectivity index (χ0v) is 13.4. The van der Waals surface area contributed by atoms with Crippen LogP contribution in [0.2, 0.25) is 0 Å². The van der Waals surface area contributed by atoms with Crippen molar-refractivity contribution in [1.29, 1.82) is 0 Å².